The Balaban J connectivity index is 1.85. The maximum atomic E-state index is 12.2. The molecule has 1 aliphatic rings. The number of nitro groups is 1. The van der Waals surface area contributed by atoms with E-state index in [1.807, 2.05) is 0 Å². The smallest absolute Gasteiger partial charge is 0.282 e. The lowest BCUT2D eigenvalue weighted by molar-refractivity contribution is -0.928. The summed E-state index contributed by atoms with van der Waals surface area (Å²) in [6.45, 7) is 4.98. The van der Waals surface area contributed by atoms with Crippen molar-refractivity contribution < 1.29 is 14.6 Å². The molecule has 1 heterocycles. The first-order valence-corrected chi connectivity index (χ1v) is 8.43. The van der Waals surface area contributed by atoms with E-state index in [0.717, 1.165) is 13.0 Å². The fourth-order valence-corrected chi connectivity index (χ4v) is 3.26. The topological polar surface area (TPSA) is 76.7 Å². The Hall–Kier alpha value is -1.66. The van der Waals surface area contributed by atoms with Crippen molar-refractivity contribution in [3.05, 3.63) is 38.9 Å². The number of amides is 1. The molecule has 0 aromatic heterocycles. The summed E-state index contributed by atoms with van der Waals surface area (Å²) in [5.74, 6) is -0.444. The van der Waals surface area contributed by atoms with Crippen molar-refractivity contribution in [2.24, 2.45) is 0 Å². The van der Waals surface area contributed by atoms with Gasteiger partial charge in [0.15, 0.2) is 0 Å². The van der Waals surface area contributed by atoms with Crippen LogP contribution in [0.5, 0.6) is 0 Å². The predicted octanol–water partition coefficient (Wildman–Crippen LogP) is 1.83. The van der Waals surface area contributed by atoms with Gasteiger partial charge in [-0.25, -0.2) is 0 Å². The second-order valence-electron chi connectivity index (χ2n) is 6.08. The first-order chi connectivity index (χ1) is 11.0. The van der Waals surface area contributed by atoms with Gasteiger partial charge in [0.1, 0.15) is 5.56 Å². The molecular formula is C16H23ClN3O3+. The monoisotopic (exact) mass is 340 g/mol. The van der Waals surface area contributed by atoms with Crippen LogP contribution < -0.4 is 10.2 Å². The lowest BCUT2D eigenvalue weighted by Gasteiger charge is -2.30. The summed E-state index contributed by atoms with van der Waals surface area (Å²) in [6, 6.07) is 4.69. The summed E-state index contributed by atoms with van der Waals surface area (Å²) in [4.78, 5) is 24.2. The SMILES string of the molecule is C[C@@H]1CCCC[NH+]1CCCNC(=O)c1cc(Cl)ccc1[N+](=O)[O-]. The molecule has 2 atom stereocenters. The molecule has 1 aromatic carbocycles. The zero-order valence-electron chi connectivity index (χ0n) is 13.3. The van der Waals surface area contributed by atoms with Crippen LogP contribution in [0.15, 0.2) is 18.2 Å². The minimum absolute atomic E-state index is 0.0150. The summed E-state index contributed by atoms with van der Waals surface area (Å²) in [5, 5.41) is 14.1. The molecule has 0 bridgehead atoms. The van der Waals surface area contributed by atoms with E-state index >= 15 is 0 Å². The lowest BCUT2D eigenvalue weighted by Crippen LogP contribution is -3.16. The molecule has 1 aromatic rings. The van der Waals surface area contributed by atoms with Gasteiger partial charge in [-0.2, -0.15) is 0 Å². The minimum Gasteiger partial charge on any atom is -0.352 e. The Morgan fingerprint density at radius 1 is 1.48 bits per heavy atom. The van der Waals surface area contributed by atoms with Gasteiger partial charge in [0, 0.05) is 24.1 Å². The van der Waals surface area contributed by atoms with Gasteiger partial charge in [0.25, 0.3) is 11.6 Å². The first-order valence-electron chi connectivity index (χ1n) is 8.05. The number of quaternary nitrogens is 1. The Morgan fingerprint density at radius 2 is 2.26 bits per heavy atom. The first kappa shape index (κ1) is 17.7. The summed E-state index contributed by atoms with van der Waals surface area (Å²) >= 11 is 5.84. The van der Waals surface area contributed by atoms with Gasteiger partial charge in [-0.15, -0.1) is 0 Å². The largest absolute Gasteiger partial charge is 0.352 e. The molecule has 6 nitrogen and oxygen atoms in total. The number of nitrogens with zero attached hydrogens (tertiary/aromatic N) is 1. The fourth-order valence-electron chi connectivity index (χ4n) is 3.09. The number of hydrogen-bond donors (Lipinski definition) is 2. The van der Waals surface area contributed by atoms with E-state index < -0.39 is 10.8 Å². The van der Waals surface area contributed by atoms with Crippen molar-refractivity contribution in [1.82, 2.24) is 5.32 Å². The Morgan fingerprint density at radius 3 is 2.96 bits per heavy atom. The van der Waals surface area contributed by atoms with Crippen LogP contribution in [0.1, 0.15) is 43.0 Å². The third kappa shape index (κ3) is 4.91. The number of piperidine rings is 1. The highest BCUT2D eigenvalue weighted by atomic mass is 35.5. The lowest BCUT2D eigenvalue weighted by atomic mass is 10.0. The van der Waals surface area contributed by atoms with E-state index in [1.165, 1.54) is 44.0 Å². The van der Waals surface area contributed by atoms with Crippen LogP contribution in [-0.2, 0) is 0 Å². The maximum Gasteiger partial charge on any atom is 0.282 e. The van der Waals surface area contributed by atoms with Crippen LogP contribution in [0.4, 0.5) is 5.69 Å². The number of likely N-dealkylation sites (tertiary alicyclic amines) is 1. The second-order valence-corrected chi connectivity index (χ2v) is 6.52. The highest BCUT2D eigenvalue weighted by Gasteiger charge is 2.22. The standard InChI is InChI=1S/C16H22ClN3O3/c1-12-5-2-3-9-19(12)10-4-8-18-16(21)14-11-13(17)6-7-15(14)20(22)23/h6-7,11-12H,2-5,8-10H2,1H3,(H,18,21)/p+1/t12-/m1/s1. The van der Waals surface area contributed by atoms with Crippen LogP contribution in [0, 0.1) is 10.1 Å². The molecule has 1 saturated heterocycles. The van der Waals surface area contributed by atoms with Gasteiger partial charge in [0.2, 0.25) is 0 Å². The van der Waals surface area contributed by atoms with Crippen molar-refractivity contribution >= 4 is 23.2 Å². The molecule has 1 amide bonds. The number of rotatable bonds is 6. The molecule has 23 heavy (non-hydrogen) atoms. The molecule has 0 radical (unpaired) electrons. The van der Waals surface area contributed by atoms with Crippen LogP contribution >= 0.6 is 11.6 Å². The Bertz CT molecular complexity index is 580. The minimum atomic E-state index is -0.565. The number of benzene rings is 1. The Labute approximate surface area is 141 Å². The highest BCUT2D eigenvalue weighted by Crippen LogP contribution is 2.22. The van der Waals surface area contributed by atoms with Crippen LogP contribution in [0.3, 0.4) is 0 Å². The van der Waals surface area contributed by atoms with Gasteiger partial charge < -0.3 is 10.2 Å². The second kappa shape index (κ2) is 8.26. The molecule has 126 valence electrons. The van der Waals surface area contributed by atoms with Crippen molar-refractivity contribution in [1.29, 1.82) is 0 Å². The van der Waals surface area contributed by atoms with Crippen molar-refractivity contribution in [3.63, 3.8) is 0 Å². The number of carbonyl (C=O) groups excluding carboxylic acids is 1. The van der Waals surface area contributed by atoms with Crippen LogP contribution in [0.25, 0.3) is 0 Å². The van der Waals surface area contributed by atoms with Gasteiger partial charge in [-0.3, -0.25) is 14.9 Å². The highest BCUT2D eigenvalue weighted by molar-refractivity contribution is 6.31. The van der Waals surface area contributed by atoms with E-state index in [0.29, 0.717) is 17.6 Å². The molecule has 0 aliphatic carbocycles. The molecule has 0 spiro atoms. The quantitative estimate of drug-likeness (QED) is 0.471. The summed E-state index contributed by atoms with van der Waals surface area (Å²) in [6.07, 6.45) is 4.69. The third-order valence-corrected chi connectivity index (χ3v) is 4.68. The number of hydrogen-bond acceptors (Lipinski definition) is 3. The van der Waals surface area contributed by atoms with Gasteiger partial charge in [0.05, 0.1) is 24.1 Å². The van der Waals surface area contributed by atoms with Crippen molar-refractivity contribution in [3.8, 4) is 0 Å². The Kier molecular flexibility index (Phi) is 6.36. The number of halogens is 1. The predicted molar refractivity (Wildman–Crippen MR) is 89.1 cm³/mol. The van der Waals surface area contributed by atoms with E-state index in [2.05, 4.69) is 12.2 Å². The van der Waals surface area contributed by atoms with Crippen molar-refractivity contribution in [2.45, 2.75) is 38.6 Å². The van der Waals surface area contributed by atoms with E-state index in [4.69, 9.17) is 11.6 Å². The molecule has 2 rings (SSSR count). The zero-order chi connectivity index (χ0) is 16.8. The summed E-state index contributed by atoms with van der Waals surface area (Å²) in [5.41, 5.74) is -0.205. The summed E-state index contributed by atoms with van der Waals surface area (Å²) in [7, 11) is 0. The van der Waals surface area contributed by atoms with Gasteiger partial charge in [-0.1, -0.05) is 11.6 Å². The van der Waals surface area contributed by atoms with E-state index in [1.54, 1.807) is 4.90 Å². The average molecular weight is 341 g/mol. The molecule has 2 N–H and O–H groups in total. The maximum absolute atomic E-state index is 12.2. The molecule has 0 saturated carbocycles. The average Bonchev–Trinajstić information content (AvgIpc) is 2.52. The van der Waals surface area contributed by atoms with Gasteiger partial charge >= 0.3 is 0 Å². The molecule has 7 heteroatoms. The van der Waals surface area contributed by atoms with Crippen molar-refractivity contribution in [2.75, 3.05) is 19.6 Å². The third-order valence-electron chi connectivity index (χ3n) is 4.44. The van der Waals surface area contributed by atoms with E-state index in [-0.39, 0.29) is 11.3 Å². The molecule has 1 aliphatic heterocycles. The molecule has 1 fully saturated rings. The zero-order valence-corrected chi connectivity index (χ0v) is 14.1. The molecule has 1 unspecified atom stereocenters. The molecular weight excluding hydrogens is 318 g/mol. The number of carbonyl (C=O) groups is 1. The fraction of sp³-hybridized carbons (Fsp3) is 0.562. The van der Waals surface area contributed by atoms with Crippen LogP contribution in [0.2, 0.25) is 5.02 Å². The number of nitrogens with one attached hydrogen (secondary N) is 2. The van der Waals surface area contributed by atoms with E-state index in [9.17, 15) is 14.9 Å². The number of nitro benzene ring substituents is 1. The summed E-state index contributed by atoms with van der Waals surface area (Å²) < 4.78 is 0. The van der Waals surface area contributed by atoms with Gasteiger partial charge in [-0.05, 0) is 38.3 Å². The van der Waals surface area contributed by atoms with Crippen LogP contribution in [-0.4, -0.2) is 36.5 Å². The normalized spacial score (nSPS) is 21.0.